The summed E-state index contributed by atoms with van der Waals surface area (Å²) in [5.41, 5.74) is 1.73. The topological polar surface area (TPSA) is 29.9 Å². The molecule has 1 aromatic rings. The van der Waals surface area contributed by atoms with E-state index >= 15 is 0 Å². The standard InChI is InChI=1S/C14H25N3/c1-4-9-15-12-6-8-14(3,11-12)13-7-10-16-17(13)5-2/h7,10,12,15H,4-6,8-9,11H2,1-3H3. The van der Waals surface area contributed by atoms with Crippen LogP contribution in [0.1, 0.15) is 52.1 Å². The van der Waals surface area contributed by atoms with Crippen LogP contribution >= 0.6 is 0 Å². The molecule has 1 fully saturated rings. The third-order valence-corrected chi connectivity index (χ3v) is 4.06. The molecule has 1 aliphatic carbocycles. The maximum atomic E-state index is 4.41. The smallest absolute Gasteiger partial charge is 0.0492 e. The van der Waals surface area contributed by atoms with Gasteiger partial charge in [0.25, 0.3) is 0 Å². The van der Waals surface area contributed by atoms with Gasteiger partial charge in [0.1, 0.15) is 0 Å². The maximum absolute atomic E-state index is 4.41. The molecule has 1 heterocycles. The van der Waals surface area contributed by atoms with E-state index in [-0.39, 0.29) is 0 Å². The molecule has 2 rings (SSSR count). The minimum atomic E-state index is 0.317. The number of hydrogen-bond acceptors (Lipinski definition) is 2. The molecule has 1 aliphatic rings. The zero-order valence-electron chi connectivity index (χ0n) is 11.4. The molecule has 0 spiro atoms. The predicted octanol–water partition coefficient (Wildman–Crippen LogP) is 2.71. The van der Waals surface area contributed by atoms with Crippen molar-refractivity contribution in [2.24, 2.45) is 0 Å². The SMILES string of the molecule is CCCNC1CCC(C)(c2ccnn2CC)C1. The predicted molar refractivity (Wildman–Crippen MR) is 71.2 cm³/mol. The van der Waals surface area contributed by atoms with Gasteiger partial charge in [-0.15, -0.1) is 0 Å². The molecule has 0 saturated heterocycles. The summed E-state index contributed by atoms with van der Waals surface area (Å²) >= 11 is 0. The molecule has 0 amide bonds. The van der Waals surface area contributed by atoms with Gasteiger partial charge in [-0.05, 0) is 45.2 Å². The molecule has 1 N–H and O–H groups in total. The van der Waals surface area contributed by atoms with Crippen LogP contribution in [0.5, 0.6) is 0 Å². The zero-order valence-corrected chi connectivity index (χ0v) is 11.4. The van der Waals surface area contributed by atoms with E-state index in [1.807, 2.05) is 6.20 Å². The van der Waals surface area contributed by atoms with Gasteiger partial charge in [-0.25, -0.2) is 0 Å². The Morgan fingerprint density at radius 3 is 3.06 bits per heavy atom. The van der Waals surface area contributed by atoms with Gasteiger partial charge in [-0.1, -0.05) is 13.8 Å². The van der Waals surface area contributed by atoms with Crippen LogP contribution < -0.4 is 5.32 Å². The Morgan fingerprint density at radius 1 is 1.53 bits per heavy atom. The van der Waals surface area contributed by atoms with Crippen molar-refractivity contribution in [1.29, 1.82) is 0 Å². The molecule has 1 aromatic heterocycles. The van der Waals surface area contributed by atoms with Gasteiger partial charge in [-0.2, -0.15) is 5.10 Å². The first-order valence-corrected chi connectivity index (χ1v) is 6.95. The Bertz CT molecular complexity index is 358. The van der Waals surface area contributed by atoms with Gasteiger partial charge < -0.3 is 5.32 Å². The Hall–Kier alpha value is -0.830. The quantitative estimate of drug-likeness (QED) is 0.850. The normalized spacial score (nSPS) is 28.8. The second kappa shape index (κ2) is 5.21. The Morgan fingerprint density at radius 2 is 2.35 bits per heavy atom. The third kappa shape index (κ3) is 2.54. The Kier molecular flexibility index (Phi) is 3.87. The number of aromatic nitrogens is 2. The number of nitrogens with zero attached hydrogens (tertiary/aromatic N) is 2. The number of nitrogens with one attached hydrogen (secondary N) is 1. The summed E-state index contributed by atoms with van der Waals surface area (Å²) < 4.78 is 2.15. The summed E-state index contributed by atoms with van der Waals surface area (Å²) in [4.78, 5) is 0. The molecular formula is C14H25N3. The first kappa shape index (κ1) is 12.6. The lowest BCUT2D eigenvalue weighted by Gasteiger charge is -2.25. The number of rotatable bonds is 5. The third-order valence-electron chi connectivity index (χ3n) is 4.06. The van der Waals surface area contributed by atoms with Crippen LogP contribution in [0.3, 0.4) is 0 Å². The molecule has 0 bridgehead atoms. The molecule has 96 valence electrons. The molecule has 17 heavy (non-hydrogen) atoms. The highest BCUT2D eigenvalue weighted by atomic mass is 15.3. The van der Waals surface area contributed by atoms with Gasteiger partial charge in [0, 0.05) is 29.9 Å². The number of hydrogen-bond donors (Lipinski definition) is 1. The van der Waals surface area contributed by atoms with Gasteiger partial charge >= 0.3 is 0 Å². The maximum Gasteiger partial charge on any atom is 0.0492 e. The fourth-order valence-electron chi connectivity index (χ4n) is 3.09. The van der Waals surface area contributed by atoms with Crippen LogP contribution in [-0.2, 0) is 12.0 Å². The molecule has 0 aromatic carbocycles. The van der Waals surface area contributed by atoms with E-state index in [0.29, 0.717) is 11.5 Å². The fourth-order valence-corrected chi connectivity index (χ4v) is 3.09. The van der Waals surface area contributed by atoms with Crippen molar-refractivity contribution in [3.8, 4) is 0 Å². The summed E-state index contributed by atoms with van der Waals surface area (Å²) in [6.45, 7) is 8.91. The lowest BCUT2D eigenvalue weighted by atomic mass is 9.84. The minimum Gasteiger partial charge on any atom is -0.314 e. The van der Waals surface area contributed by atoms with E-state index in [9.17, 15) is 0 Å². The van der Waals surface area contributed by atoms with Crippen molar-refractivity contribution >= 4 is 0 Å². The molecule has 3 heteroatoms. The molecule has 2 atom stereocenters. The van der Waals surface area contributed by atoms with Crippen molar-refractivity contribution in [3.63, 3.8) is 0 Å². The average molecular weight is 235 g/mol. The van der Waals surface area contributed by atoms with Crippen molar-refractivity contribution in [2.75, 3.05) is 6.54 Å². The first-order chi connectivity index (χ1) is 8.19. The average Bonchev–Trinajstić information content (AvgIpc) is 2.93. The lowest BCUT2D eigenvalue weighted by molar-refractivity contribution is 0.414. The van der Waals surface area contributed by atoms with Crippen LogP contribution in [0.4, 0.5) is 0 Å². The van der Waals surface area contributed by atoms with Gasteiger partial charge in [0.15, 0.2) is 0 Å². The monoisotopic (exact) mass is 235 g/mol. The Balaban J connectivity index is 2.06. The van der Waals surface area contributed by atoms with Gasteiger partial charge in [-0.3, -0.25) is 4.68 Å². The minimum absolute atomic E-state index is 0.317. The van der Waals surface area contributed by atoms with Gasteiger partial charge in [0.05, 0.1) is 0 Å². The van der Waals surface area contributed by atoms with Crippen LogP contribution in [0.15, 0.2) is 12.3 Å². The van der Waals surface area contributed by atoms with E-state index < -0.39 is 0 Å². The summed E-state index contributed by atoms with van der Waals surface area (Å²) in [5.74, 6) is 0. The van der Waals surface area contributed by atoms with E-state index in [2.05, 4.69) is 41.9 Å². The largest absolute Gasteiger partial charge is 0.314 e. The van der Waals surface area contributed by atoms with Crippen LogP contribution in [-0.4, -0.2) is 22.4 Å². The van der Waals surface area contributed by atoms with Crippen LogP contribution in [0.25, 0.3) is 0 Å². The van der Waals surface area contributed by atoms with E-state index in [1.54, 1.807) is 0 Å². The van der Waals surface area contributed by atoms with Crippen LogP contribution in [0.2, 0.25) is 0 Å². The number of aryl methyl sites for hydroxylation is 1. The van der Waals surface area contributed by atoms with Crippen molar-refractivity contribution < 1.29 is 0 Å². The molecule has 1 saturated carbocycles. The highest BCUT2D eigenvalue weighted by Crippen LogP contribution is 2.40. The molecular weight excluding hydrogens is 210 g/mol. The van der Waals surface area contributed by atoms with E-state index in [0.717, 1.165) is 13.1 Å². The summed E-state index contributed by atoms with van der Waals surface area (Å²) in [6.07, 6.45) is 6.99. The van der Waals surface area contributed by atoms with Crippen molar-refractivity contribution in [1.82, 2.24) is 15.1 Å². The van der Waals surface area contributed by atoms with Crippen molar-refractivity contribution in [3.05, 3.63) is 18.0 Å². The highest BCUT2D eigenvalue weighted by Gasteiger charge is 2.38. The summed E-state index contributed by atoms with van der Waals surface area (Å²) in [6, 6.07) is 2.89. The molecule has 2 unspecified atom stereocenters. The Labute approximate surface area is 105 Å². The lowest BCUT2D eigenvalue weighted by Crippen LogP contribution is -2.30. The van der Waals surface area contributed by atoms with Crippen LogP contribution in [0, 0.1) is 0 Å². The van der Waals surface area contributed by atoms with Crippen molar-refractivity contribution in [2.45, 2.75) is 64.5 Å². The first-order valence-electron chi connectivity index (χ1n) is 6.95. The zero-order chi connectivity index (χ0) is 12.3. The second-order valence-corrected chi connectivity index (χ2v) is 5.49. The molecule has 3 nitrogen and oxygen atoms in total. The van der Waals surface area contributed by atoms with Gasteiger partial charge in [0.2, 0.25) is 0 Å². The molecule has 0 radical (unpaired) electrons. The van der Waals surface area contributed by atoms with E-state index in [4.69, 9.17) is 0 Å². The van der Waals surface area contributed by atoms with E-state index in [1.165, 1.54) is 31.4 Å². The summed E-state index contributed by atoms with van der Waals surface area (Å²) in [7, 11) is 0. The summed E-state index contributed by atoms with van der Waals surface area (Å²) in [5, 5.41) is 8.06. The molecule has 0 aliphatic heterocycles. The fraction of sp³-hybridized carbons (Fsp3) is 0.786. The highest BCUT2D eigenvalue weighted by molar-refractivity contribution is 5.18. The second-order valence-electron chi connectivity index (χ2n) is 5.49.